The fourth-order valence-electron chi connectivity index (χ4n) is 1.06. The number of halogens is 3. The van der Waals surface area contributed by atoms with Gasteiger partial charge in [0.05, 0.1) is 11.9 Å². The normalized spacial score (nSPS) is 13.2. The molecule has 0 bridgehead atoms. The Balaban J connectivity index is 2.96. The summed E-state index contributed by atoms with van der Waals surface area (Å²) < 4.78 is 36.5. The van der Waals surface area contributed by atoms with E-state index >= 15 is 0 Å². The fourth-order valence-corrected chi connectivity index (χ4v) is 1.06. The Morgan fingerprint density at radius 3 is 2.29 bits per heavy atom. The van der Waals surface area contributed by atoms with Gasteiger partial charge in [0, 0.05) is 11.8 Å². The van der Waals surface area contributed by atoms with Crippen LogP contribution in [-0.2, 0) is 11.0 Å². The van der Waals surface area contributed by atoms with Gasteiger partial charge in [0.2, 0.25) is 0 Å². The lowest BCUT2D eigenvalue weighted by molar-refractivity contribution is -0.308. The molecule has 7 heteroatoms. The van der Waals surface area contributed by atoms with Crippen molar-refractivity contribution in [2.75, 3.05) is 0 Å². The molecule has 4 nitrogen and oxygen atoms in total. The van der Waals surface area contributed by atoms with Crippen LogP contribution in [0.15, 0.2) is 18.3 Å². The summed E-state index contributed by atoms with van der Waals surface area (Å²) in [7, 11) is 0. The molecule has 0 amide bonds. The minimum Gasteiger partial charge on any atom is -0.549 e. The van der Waals surface area contributed by atoms with Gasteiger partial charge in [-0.3, -0.25) is 9.78 Å². The number of alkyl halides is 3. The first-order chi connectivity index (χ1) is 7.73. The summed E-state index contributed by atoms with van der Waals surface area (Å²) >= 11 is 0. The average molecular weight is 246 g/mol. The quantitative estimate of drug-likeness (QED) is 0.580. The van der Waals surface area contributed by atoms with E-state index in [2.05, 4.69) is 4.98 Å². The van der Waals surface area contributed by atoms with Gasteiger partial charge in [0.25, 0.3) is 0 Å². The monoisotopic (exact) mass is 246 g/mol. The summed E-state index contributed by atoms with van der Waals surface area (Å²) in [4.78, 5) is 24.9. The molecule has 0 saturated carbocycles. The molecule has 0 radical (unpaired) electrons. The van der Waals surface area contributed by atoms with Gasteiger partial charge in [0.15, 0.2) is 5.78 Å². The number of nitrogens with zero attached hydrogens (tertiary/aromatic N) is 1. The number of rotatable bonds is 3. The van der Waals surface area contributed by atoms with Crippen LogP contribution < -0.4 is 5.11 Å². The second-order valence-corrected chi connectivity index (χ2v) is 3.33. The molecule has 0 saturated heterocycles. The molecule has 1 aromatic rings. The lowest BCUT2D eigenvalue weighted by atomic mass is 10.0. The number of aromatic nitrogens is 1. The Labute approximate surface area is 94.1 Å². The summed E-state index contributed by atoms with van der Waals surface area (Å²) in [5.41, 5.74) is -1.34. The zero-order valence-corrected chi connectivity index (χ0v) is 8.62. The zero-order chi connectivity index (χ0) is 13.2. The average Bonchev–Trinajstić information content (AvgIpc) is 2.26. The van der Waals surface area contributed by atoms with Gasteiger partial charge in [-0.25, -0.2) is 0 Å². The van der Waals surface area contributed by atoms with Crippen molar-refractivity contribution in [3.63, 3.8) is 0 Å². The highest BCUT2D eigenvalue weighted by molar-refractivity contribution is 6.07. The molecule has 1 atom stereocenters. The van der Waals surface area contributed by atoms with E-state index < -0.39 is 29.5 Å². The Morgan fingerprint density at radius 1 is 1.35 bits per heavy atom. The number of aliphatic carboxylic acids is 1. The summed E-state index contributed by atoms with van der Waals surface area (Å²) in [6, 6.07) is 1.51. The third kappa shape index (κ3) is 3.02. The highest BCUT2D eigenvalue weighted by Gasteiger charge is 2.32. The molecule has 92 valence electrons. The number of ketones is 1. The Hall–Kier alpha value is -1.92. The predicted molar refractivity (Wildman–Crippen MR) is 47.7 cm³/mol. The third-order valence-electron chi connectivity index (χ3n) is 2.09. The summed E-state index contributed by atoms with van der Waals surface area (Å²) in [6.07, 6.45) is -3.90. The predicted octanol–water partition coefficient (Wildman–Crippen LogP) is 0.669. The van der Waals surface area contributed by atoms with E-state index in [-0.39, 0.29) is 5.56 Å². The molecule has 0 aromatic carbocycles. The molecule has 1 unspecified atom stereocenters. The number of carboxylic acids is 1. The maximum absolute atomic E-state index is 12.2. The minimum absolute atomic E-state index is 0.199. The van der Waals surface area contributed by atoms with Crippen LogP contribution in [0.3, 0.4) is 0 Å². The summed E-state index contributed by atoms with van der Waals surface area (Å²) in [5.74, 6) is -3.85. The van der Waals surface area contributed by atoms with Crippen LogP contribution in [0, 0.1) is 5.92 Å². The van der Waals surface area contributed by atoms with Gasteiger partial charge in [0.1, 0.15) is 5.69 Å². The number of carbonyl (C=O) groups is 2. The van der Waals surface area contributed by atoms with Crippen molar-refractivity contribution in [1.82, 2.24) is 4.98 Å². The number of carboxylic acid groups (broad SMARTS) is 1. The molecular weight excluding hydrogens is 239 g/mol. The van der Waals surface area contributed by atoms with E-state index in [4.69, 9.17) is 0 Å². The molecule has 0 aliphatic carbocycles. The van der Waals surface area contributed by atoms with E-state index in [0.717, 1.165) is 13.0 Å². The van der Waals surface area contributed by atoms with Crippen molar-refractivity contribution in [3.8, 4) is 0 Å². The smallest absolute Gasteiger partial charge is 0.433 e. The maximum atomic E-state index is 12.2. The Morgan fingerprint density at radius 2 is 1.94 bits per heavy atom. The molecule has 0 spiro atoms. The van der Waals surface area contributed by atoms with Crippen LogP contribution in [0.2, 0.25) is 0 Å². The van der Waals surface area contributed by atoms with E-state index in [1.165, 1.54) is 0 Å². The second kappa shape index (κ2) is 4.52. The topological polar surface area (TPSA) is 70.1 Å². The van der Waals surface area contributed by atoms with Crippen molar-refractivity contribution < 1.29 is 27.9 Å². The van der Waals surface area contributed by atoms with E-state index in [1.54, 1.807) is 0 Å². The molecular formula is C10H7F3NO3-. The number of hydrogen-bond acceptors (Lipinski definition) is 4. The Bertz CT molecular complexity index is 439. The van der Waals surface area contributed by atoms with Gasteiger partial charge in [-0.1, -0.05) is 0 Å². The molecule has 1 heterocycles. The number of hydrogen-bond donors (Lipinski definition) is 0. The van der Waals surface area contributed by atoms with Gasteiger partial charge in [-0.05, 0) is 19.1 Å². The first kappa shape index (κ1) is 13.1. The fraction of sp³-hybridized carbons (Fsp3) is 0.300. The molecule has 1 aromatic heterocycles. The highest BCUT2D eigenvalue weighted by Crippen LogP contribution is 2.27. The standard InChI is InChI=1S/C10H8F3NO3/c1-5(9(16)17)8(15)6-2-3-7(14-4-6)10(11,12)13/h2-5H,1H3,(H,16,17)/p-1. The summed E-state index contributed by atoms with van der Waals surface area (Å²) in [6.45, 7) is 1.09. The number of Topliss-reactive ketones (excluding diaryl/α,β-unsaturated/α-hetero) is 1. The SMILES string of the molecule is CC(C(=O)[O-])C(=O)c1ccc(C(F)(F)F)nc1. The molecule has 0 aliphatic rings. The number of pyridine rings is 1. The molecule has 17 heavy (non-hydrogen) atoms. The van der Waals surface area contributed by atoms with Crippen molar-refractivity contribution >= 4 is 11.8 Å². The highest BCUT2D eigenvalue weighted by atomic mass is 19.4. The van der Waals surface area contributed by atoms with E-state index in [9.17, 15) is 27.9 Å². The van der Waals surface area contributed by atoms with Crippen LogP contribution in [0.5, 0.6) is 0 Å². The first-order valence-electron chi connectivity index (χ1n) is 4.52. The van der Waals surface area contributed by atoms with E-state index in [1.807, 2.05) is 0 Å². The van der Waals surface area contributed by atoms with E-state index in [0.29, 0.717) is 12.3 Å². The van der Waals surface area contributed by atoms with Gasteiger partial charge >= 0.3 is 6.18 Å². The number of carbonyl (C=O) groups excluding carboxylic acids is 2. The zero-order valence-electron chi connectivity index (χ0n) is 8.62. The van der Waals surface area contributed by atoms with Crippen molar-refractivity contribution in [1.29, 1.82) is 0 Å². The molecule has 1 rings (SSSR count). The minimum atomic E-state index is -4.60. The van der Waals surface area contributed by atoms with Gasteiger partial charge in [-0.15, -0.1) is 0 Å². The second-order valence-electron chi connectivity index (χ2n) is 3.33. The molecule has 0 fully saturated rings. The van der Waals surface area contributed by atoms with Crippen molar-refractivity contribution in [2.24, 2.45) is 5.92 Å². The van der Waals surface area contributed by atoms with Crippen molar-refractivity contribution in [3.05, 3.63) is 29.6 Å². The van der Waals surface area contributed by atoms with Crippen molar-refractivity contribution in [2.45, 2.75) is 13.1 Å². The molecule has 0 N–H and O–H groups in total. The Kier molecular flexibility index (Phi) is 3.50. The lowest BCUT2D eigenvalue weighted by Gasteiger charge is -2.11. The third-order valence-corrected chi connectivity index (χ3v) is 2.09. The lowest BCUT2D eigenvalue weighted by Crippen LogP contribution is -2.34. The van der Waals surface area contributed by atoms with Crippen LogP contribution in [0.1, 0.15) is 23.0 Å². The maximum Gasteiger partial charge on any atom is 0.433 e. The van der Waals surface area contributed by atoms with Gasteiger partial charge < -0.3 is 9.90 Å². The van der Waals surface area contributed by atoms with Crippen LogP contribution in [0.4, 0.5) is 13.2 Å². The summed E-state index contributed by atoms with van der Waals surface area (Å²) in [5, 5.41) is 10.4. The molecule has 0 aliphatic heterocycles. The van der Waals surface area contributed by atoms with Crippen LogP contribution in [-0.4, -0.2) is 16.7 Å². The van der Waals surface area contributed by atoms with Crippen LogP contribution >= 0.6 is 0 Å². The largest absolute Gasteiger partial charge is 0.549 e. The van der Waals surface area contributed by atoms with Gasteiger partial charge in [-0.2, -0.15) is 13.2 Å². The first-order valence-corrected chi connectivity index (χ1v) is 4.52. The van der Waals surface area contributed by atoms with Crippen LogP contribution in [0.25, 0.3) is 0 Å².